The summed E-state index contributed by atoms with van der Waals surface area (Å²) in [5.41, 5.74) is 4.93. The maximum atomic E-state index is 6.54. The van der Waals surface area contributed by atoms with E-state index in [-0.39, 0.29) is 5.38 Å². The minimum Gasteiger partial charge on any atom is -0.355 e. The summed E-state index contributed by atoms with van der Waals surface area (Å²) in [4.78, 5) is 15.0. The fourth-order valence-corrected chi connectivity index (χ4v) is 4.23. The average molecular weight is 423 g/mol. The van der Waals surface area contributed by atoms with Gasteiger partial charge in [0.1, 0.15) is 0 Å². The Labute approximate surface area is 177 Å². The van der Waals surface area contributed by atoms with Crippen molar-refractivity contribution in [1.82, 2.24) is 15.0 Å². The van der Waals surface area contributed by atoms with Crippen molar-refractivity contribution in [3.63, 3.8) is 0 Å². The van der Waals surface area contributed by atoms with Crippen LogP contribution in [-0.4, -0.2) is 26.0 Å². The van der Waals surface area contributed by atoms with Gasteiger partial charge in [0.2, 0.25) is 0 Å². The number of halogens is 2. The summed E-state index contributed by atoms with van der Waals surface area (Å²) in [5.74, 6) is 0. The predicted octanol–water partition coefficient (Wildman–Crippen LogP) is 2.45. The summed E-state index contributed by atoms with van der Waals surface area (Å²) in [7, 11) is 0. The number of aromatic amines is 3. The molecule has 0 amide bonds. The van der Waals surface area contributed by atoms with Crippen LogP contribution in [-0.2, 0) is 6.42 Å². The van der Waals surface area contributed by atoms with E-state index in [0.717, 1.165) is 57.0 Å². The first-order chi connectivity index (χ1) is 14.1. The number of rotatable bonds is 2. The number of nitrogens with zero attached hydrogens (tertiary/aromatic N) is 1. The van der Waals surface area contributed by atoms with E-state index in [1.807, 2.05) is 24.3 Å². The SMILES string of the molecule is CCCc1cc2[nH]c1=CC1=CC(Cl)C(=N1)C=c1[nH]c(cc1Cl)=Cc1ccc([nH]1)C=2. The Morgan fingerprint density at radius 1 is 0.931 bits per heavy atom. The Balaban J connectivity index is 1.78. The molecule has 0 spiro atoms. The fourth-order valence-electron chi connectivity index (χ4n) is 3.77. The van der Waals surface area contributed by atoms with E-state index in [1.54, 1.807) is 0 Å². The summed E-state index contributed by atoms with van der Waals surface area (Å²) >= 11 is 13.0. The molecule has 0 saturated carbocycles. The maximum absolute atomic E-state index is 6.54. The first kappa shape index (κ1) is 18.3. The van der Waals surface area contributed by atoms with Crippen molar-refractivity contribution in [2.45, 2.75) is 25.1 Å². The lowest BCUT2D eigenvalue weighted by molar-refractivity contribution is 0.915. The van der Waals surface area contributed by atoms with Crippen LogP contribution in [0, 0.1) is 0 Å². The normalized spacial score (nSPS) is 17.6. The topological polar surface area (TPSA) is 59.7 Å². The lowest BCUT2D eigenvalue weighted by Crippen LogP contribution is -2.15. The minimum atomic E-state index is -0.287. The summed E-state index contributed by atoms with van der Waals surface area (Å²) in [6.07, 6.45) is 12.2. The Morgan fingerprint density at radius 3 is 2.41 bits per heavy atom. The molecule has 0 radical (unpaired) electrons. The Morgan fingerprint density at radius 2 is 1.66 bits per heavy atom. The Kier molecular flexibility index (Phi) is 4.61. The van der Waals surface area contributed by atoms with Gasteiger partial charge in [0.15, 0.2) is 0 Å². The van der Waals surface area contributed by atoms with Gasteiger partial charge < -0.3 is 15.0 Å². The zero-order valence-electron chi connectivity index (χ0n) is 15.9. The van der Waals surface area contributed by atoms with Gasteiger partial charge in [-0.1, -0.05) is 24.9 Å². The van der Waals surface area contributed by atoms with Crippen LogP contribution in [0.5, 0.6) is 0 Å². The standard InChI is InChI=1S/C23H20Cl2N4/c1-2-3-13-6-16-7-14-4-5-15(26-14)8-17-9-19(24)22(28-17)12-23-20(25)10-18(29-23)11-21(13)27-16/h4-12,20,26-28H,2-3H2,1H3. The first-order valence-electron chi connectivity index (χ1n) is 9.70. The fraction of sp³-hybridized carbons (Fsp3) is 0.174. The molecule has 1 unspecified atom stereocenters. The molecule has 146 valence electrons. The molecule has 0 aromatic carbocycles. The van der Waals surface area contributed by atoms with Crippen LogP contribution < -0.4 is 21.4 Å². The van der Waals surface area contributed by atoms with Crippen molar-refractivity contribution in [2.75, 3.05) is 0 Å². The molecule has 3 N–H and O–H groups in total. The monoisotopic (exact) mass is 422 g/mol. The third-order valence-corrected chi connectivity index (χ3v) is 5.75. The third-order valence-electron chi connectivity index (χ3n) is 5.09. The molecular formula is C23H20Cl2N4. The summed E-state index contributed by atoms with van der Waals surface area (Å²) in [6.45, 7) is 2.19. The highest BCUT2D eigenvalue weighted by atomic mass is 35.5. The van der Waals surface area contributed by atoms with Gasteiger partial charge in [0.05, 0.1) is 27.2 Å². The van der Waals surface area contributed by atoms with Crippen molar-refractivity contribution in [1.29, 1.82) is 0 Å². The minimum absolute atomic E-state index is 0.287. The zero-order valence-corrected chi connectivity index (χ0v) is 17.4. The molecule has 5 rings (SSSR count). The molecule has 2 aliphatic heterocycles. The highest BCUT2D eigenvalue weighted by Crippen LogP contribution is 2.18. The number of allylic oxidation sites excluding steroid dienone is 2. The van der Waals surface area contributed by atoms with Crippen molar-refractivity contribution >= 4 is 53.2 Å². The molecule has 8 bridgehead atoms. The van der Waals surface area contributed by atoms with Gasteiger partial charge in [-0.25, -0.2) is 0 Å². The smallest absolute Gasteiger partial charge is 0.0962 e. The highest BCUT2D eigenvalue weighted by Gasteiger charge is 2.16. The first-order valence-corrected chi connectivity index (χ1v) is 10.5. The number of nitrogens with one attached hydrogen (secondary N) is 3. The van der Waals surface area contributed by atoms with Crippen LogP contribution in [0.4, 0.5) is 0 Å². The molecule has 4 nitrogen and oxygen atoms in total. The summed E-state index contributed by atoms with van der Waals surface area (Å²) in [5, 5.41) is 4.20. The van der Waals surface area contributed by atoms with E-state index < -0.39 is 0 Å². The summed E-state index contributed by atoms with van der Waals surface area (Å²) in [6, 6.07) is 8.23. The van der Waals surface area contributed by atoms with Gasteiger partial charge in [0.25, 0.3) is 0 Å². The number of aryl methyl sites for hydroxylation is 1. The van der Waals surface area contributed by atoms with Crippen LogP contribution in [0.3, 0.4) is 0 Å². The molecule has 3 aromatic heterocycles. The molecule has 2 aliphatic rings. The number of hydrogen-bond acceptors (Lipinski definition) is 1. The second-order valence-electron chi connectivity index (χ2n) is 7.38. The van der Waals surface area contributed by atoms with Crippen LogP contribution in [0.1, 0.15) is 30.3 Å². The van der Waals surface area contributed by atoms with E-state index in [4.69, 9.17) is 28.2 Å². The highest BCUT2D eigenvalue weighted by molar-refractivity contribution is 6.40. The van der Waals surface area contributed by atoms with Gasteiger partial charge in [0, 0.05) is 27.4 Å². The van der Waals surface area contributed by atoms with Crippen molar-refractivity contribution in [3.8, 4) is 0 Å². The van der Waals surface area contributed by atoms with Crippen LogP contribution in [0.2, 0.25) is 5.02 Å². The van der Waals surface area contributed by atoms with E-state index in [1.165, 1.54) is 5.56 Å². The van der Waals surface area contributed by atoms with Gasteiger partial charge in [-0.2, -0.15) is 0 Å². The van der Waals surface area contributed by atoms with Crippen LogP contribution in [0.15, 0.2) is 41.0 Å². The Hall–Kier alpha value is -2.69. The van der Waals surface area contributed by atoms with E-state index in [0.29, 0.717) is 5.02 Å². The van der Waals surface area contributed by atoms with Gasteiger partial charge in [-0.3, -0.25) is 4.99 Å². The largest absolute Gasteiger partial charge is 0.355 e. The maximum Gasteiger partial charge on any atom is 0.0962 e. The van der Waals surface area contributed by atoms with Crippen LogP contribution in [0.25, 0.3) is 24.3 Å². The second kappa shape index (κ2) is 7.29. The third kappa shape index (κ3) is 3.66. The van der Waals surface area contributed by atoms with Gasteiger partial charge in [-0.05, 0) is 66.6 Å². The Bertz CT molecular complexity index is 1400. The molecule has 5 heterocycles. The number of fused-ring (bicyclic) bond motifs is 7. The zero-order chi connectivity index (χ0) is 20.0. The molecule has 0 aliphatic carbocycles. The van der Waals surface area contributed by atoms with Crippen molar-refractivity contribution < 1.29 is 0 Å². The number of aliphatic imine (C=N–C) groups is 1. The summed E-state index contributed by atoms with van der Waals surface area (Å²) < 4.78 is 0. The number of hydrogen-bond donors (Lipinski definition) is 3. The van der Waals surface area contributed by atoms with Crippen molar-refractivity contribution in [3.05, 3.63) is 79.4 Å². The van der Waals surface area contributed by atoms with E-state index in [9.17, 15) is 0 Å². The number of alkyl halides is 1. The number of H-pyrrole nitrogens is 3. The lowest BCUT2D eigenvalue weighted by atomic mass is 10.1. The van der Waals surface area contributed by atoms with E-state index in [2.05, 4.69) is 52.2 Å². The quantitative estimate of drug-likeness (QED) is 0.531. The molecule has 6 heteroatoms. The predicted molar refractivity (Wildman–Crippen MR) is 121 cm³/mol. The number of aromatic nitrogens is 3. The molecule has 0 saturated heterocycles. The van der Waals surface area contributed by atoms with Gasteiger partial charge >= 0.3 is 0 Å². The molecule has 0 fully saturated rings. The second-order valence-corrected chi connectivity index (χ2v) is 8.25. The molecule has 3 aromatic rings. The van der Waals surface area contributed by atoms with Crippen LogP contribution >= 0.6 is 23.2 Å². The van der Waals surface area contributed by atoms with Crippen molar-refractivity contribution in [2.24, 2.45) is 4.99 Å². The average Bonchev–Trinajstić information content (AvgIpc) is 3.41. The van der Waals surface area contributed by atoms with Gasteiger partial charge in [-0.15, -0.1) is 11.6 Å². The molecular weight excluding hydrogens is 403 g/mol. The van der Waals surface area contributed by atoms with E-state index >= 15 is 0 Å². The molecule has 1 atom stereocenters. The lowest BCUT2D eigenvalue weighted by Gasteiger charge is -1.95. The molecule has 29 heavy (non-hydrogen) atoms.